The van der Waals surface area contributed by atoms with Crippen LogP contribution in [0.5, 0.6) is 0 Å². The van der Waals surface area contributed by atoms with E-state index in [1.807, 2.05) is 6.07 Å². The fraction of sp³-hybridized carbons (Fsp3) is 0.278. The summed E-state index contributed by atoms with van der Waals surface area (Å²) in [5.41, 5.74) is 8.05. The highest BCUT2D eigenvalue weighted by atomic mass is 35.5. The second kappa shape index (κ2) is 8.33. The number of halogens is 1. The molecule has 3 aromatic rings. The minimum atomic E-state index is -0.370. The molecule has 0 amide bonds. The molecule has 26 heavy (non-hydrogen) atoms. The number of unbranched alkanes of at least 4 members (excludes halogenated alkanes) is 2. The number of nitrogen functional groups attached to an aromatic ring is 1. The Morgan fingerprint density at radius 1 is 1.35 bits per heavy atom. The van der Waals surface area contributed by atoms with Crippen molar-refractivity contribution in [2.45, 2.75) is 26.2 Å². The third kappa shape index (κ3) is 4.23. The summed E-state index contributed by atoms with van der Waals surface area (Å²) in [5.74, 6) is -0.202. The van der Waals surface area contributed by atoms with E-state index in [2.05, 4.69) is 21.9 Å². The van der Waals surface area contributed by atoms with Crippen LogP contribution in [0.15, 0.2) is 30.5 Å². The van der Waals surface area contributed by atoms with E-state index in [1.165, 1.54) is 11.3 Å². The number of carbonyl (C=O) groups excluding carboxylic acids is 1. The average molecular weight is 391 g/mol. The second-order valence-corrected chi connectivity index (χ2v) is 7.43. The van der Waals surface area contributed by atoms with Gasteiger partial charge in [0, 0.05) is 6.20 Å². The van der Waals surface area contributed by atoms with Crippen LogP contribution in [0.2, 0.25) is 4.34 Å². The van der Waals surface area contributed by atoms with Gasteiger partial charge in [0.2, 0.25) is 5.95 Å². The first-order valence-corrected chi connectivity index (χ1v) is 9.52. The van der Waals surface area contributed by atoms with Crippen molar-refractivity contribution >= 4 is 34.9 Å². The van der Waals surface area contributed by atoms with Crippen LogP contribution in [0.4, 0.5) is 5.95 Å². The number of hydrogen-bond acceptors (Lipinski definition) is 6. The Labute approximate surface area is 160 Å². The highest BCUT2D eigenvalue weighted by Crippen LogP contribution is 2.35. The van der Waals surface area contributed by atoms with E-state index < -0.39 is 0 Å². The van der Waals surface area contributed by atoms with Gasteiger partial charge in [-0.05, 0) is 30.7 Å². The summed E-state index contributed by atoms with van der Waals surface area (Å²) in [7, 11) is 0. The fourth-order valence-corrected chi connectivity index (χ4v) is 3.57. The Morgan fingerprint density at radius 3 is 2.88 bits per heavy atom. The number of ether oxygens (including phenoxy) is 1. The molecular weight excluding hydrogens is 372 g/mol. The highest BCUT2D eigenvalue weighted by molar-refractivity contribution is 7.19. The largest absolute Gasteiger partial charge is 0.462 e. The van der Waals surface area contributed by atoms with Crippen molar-refractivity contribution in [1.29, 1.82) is 0 Å². The number of anilines is 1. The lowest BCUT2D eigenvalue weighted by Gasteiger charge is -2.04. The molecule has 0 aromatic carbocycles. The van der Waals surface area contributed by atoms with Gasteiger partial charge in [-0.1, -0.05) is 31.4 Å². The zero-order valence-corrected chi connectivity index (χ0v) is 15.9. The van der Waals surface area contributed by atoms with E-state index >= 15 is 0 Å². The topological polar surface area (TPSA) is 93.9 Å². The van der Waals surface area contributed by atoms with Gasteiger partial charge >= 0.3 is 5.97 Å². The molecule has 0 aliphatic carbocycles. The molecule has 0 saturated carbocycles. The van der Waals surface area contributed by atoms with Gasteiger partial charge in [0.05, 0.1) is 38.5 Å². The first-order valence-electron chi connectivity index (χ1n) is 8.33. The number of nitrogens with zero attached hydrogens (tertiary/aromatic N) is 2. The molecule has 0 fully saturated rings. The molecule has 0 aliphatic rings. The van der Waals surface area contributed by atoms with E-state index in [-0.39, 0.29) is 11.9 Å². The maximum atomic E-state index is 12.6. The molecule has 0 atom stereocenters. The van der Waals surface area contributed by atoms with Gasteiger partial charge < -0.3 is 15.5 Å². The number of nitrogens with two attached hydrogens (primary N) is 1. The Balaban J connectivity index is 1.94. The van der Waals surface area contributed by atoms with Gasteiger partial charge in [-0.2, -0.15) is 0 Å². The van der Waals surface area contributed by atoms with Gasteiger partial charge in [-0.15, -0.1) is 11.3 Å². The van der Waals surface area contributed by atoms with Crippen molar-refractivity contribution in [3.63, 3.8) is 0 Å². The minimum absolute atomic E-state index is 0.168. The summed E-state index contributed by atoms with van der Waals surface area (Å²) in [5, 5.41) is 0. The van der Waals surface area contributed by atoms with Crippen LogP contribution in [-0.4, -0.2) is 27.5 Å². The molecule has 0 unspecified atom stereocenters. The lowest BCUT2D eigenvalue weighted by atomic mass is 10.2. The van der Waals surface area contributed by atoms with Crippen LogP contribution in [-0.2, 0) is 4.74 Å². The lowest BCUT2D eigenvalue weighted by molar-refractivity contribution is 0.0499. The van der Waals surface area contributed by atoms with E-state index in [0.717, 1.165) is 24.1 Å². The molecule has 3 heterocycles. The van der Waals surface area contributed by atoms with Crippen LogP contribution in [0.3, 0.4) is 0 Å². The van der Waals surface area contributed by atoms with Gasteiger partial charge in [0.1, 0.15) is 0 Å². The number of esters is 1. The van der Waals surface area contributed by atoms with Crippen molar-refractivity contribution < 1.29 is 9.53 Å². The number of rotatable bonds is 7. The third-order valence-electron chi connectivity index (χ3n) is 3.79. The van der Waals surface area contributed by atoms with E-state index in [1.54, 1.807) is 24.4 Å². The van der Waals surface area contributed by atoms with Crippen LogP contribution in [0.25, 0.3) is 22.0 Å². The van der Waals surface area contributed by atoms with E-state index in [9.17, 15) is 4.79 Å². The van der Waals surface area contributed by atoms with Crippen LogP contribution < -0.4 is 5.73 Å². The molecule has 6 nitrogen and oxygen atoms in total. The normalized spacial score (nSPS) is 10.8. The minimum Gasteiger partial charge on any atom is -0.462 e. The second-order valence-electron chi connectivity index (χ2n) is 5.72. The molecule has 0 spiro atoms. The van der Waals surface area contributed by atoms with E-state index in [0.29, 0.717) is 33.6 Å². The monoisotopic (exact) mass is 390 g/mol. The molecule has 136 valence electrons. The highest BCUT2D eigenvalue weighted by Gasteiger charge is 2.20. The zero-order chi connectivity index (χ0) is 18.5. The first-order chi connectivity index (χ1) is 12.6. The summed E-state index contributed by atoms with van der Waals surface area (Å²) in [6.07, 6.45) is 4.52. The Bertz CT molecular complexity index is 906. The number of H-pyrrole nitrogens is 1. The summed E-state index contributed by atoms with van der Waals surface area (Å²) >= 11 is 7.44. The van der Waals surface area contributed by atoms with Gasteiger partial charge in [-0.3, -0.25) is 0 Å². The molecular formula is C18H19ClN4O2S. The predicted octanol–water partition coefficient (Wildman–Crippen LogP) is 4.78. The molecule has 0 aliphatic heterocycles. The third-order valence-corrected chi connectivity index (χ3v) is 5.04. The molecule has 3 N–H and O–H groups in total. The Morgan fingerprint density at radius 2 is 2.19 bits per heavy atom. The number of carbonyl (C=O) groups is 1. The molecule has 0 saturated heterocycles. The zero-order valence-electron chi connectivity index (χ0n) is 14.3. The smallest absolute Gasteiger partial charge is 0.340 e. The summed E-state index contributed by atoms with van der Waals surface area (Å²) < 4.78 is 6.07. The Kier molecular flexibility index (Phi) is 5.90. The first kappa shape index (κ1) is 18.4. The van der Waals surface area contributed by atoms with E-state index in [4.69, 9.17) is 22.1 Å². The molecule has 8 heteroatoms. The van der Waals surface area contributed by atoms with Crippen LogP contribution >= 0.6 is 22.9 Å². The Hall–Kier alpha value is -2.38. The maximum absolute atomic E-state index is 12.6. The van der Waals surface area contributed by atoms with Crippen LogP contribution in [0, 0.1) is 0 Å². The number of aromatic nitrogens is 3. The van der Waals surface area contributed by atoms with Crippen LogP contribution in [0.1, 0.15) is 36.5 Å². The van der Waals surface area contributed by atoms with Crippen molar-refractivity contribution in [2.75, 3.05) is 12.3 Å². The van der Waals surface area contributed by atoms with Crippen molar-refractivity contribution in [2.24, 2.45) is 0 Å². The summed E-state index contributed by atoms with van der Waals surface area (Å²) in [6, 6.07) is 7.11. The van der Waals surface area contributed by atoms with Crippen molar-refractivity contribution in [3.05, 3.63) is 40.4 Å². The summed E-state index contributed by atoms with van der Waals surface area (Å²) in [6.45, 7) is 2.50. The molecule has 0 radical (unpaired) electrons. The molecule has 3 aromatic heterocycles. The van der Waals surface area contributed by atoms with Crippen molar-refractivity contribution in [1.82, 2.24) is 15.0 Å². The molecule has 3 rings (SSSR count). The average Bonchev–Trinajstić information content (AvgIpc) is 3.25. The molecule has 0 bridgehead atoms. The SMILES string of the molecule is CCCCCOC(=O)c1cc(-c2ccnc(N)n2)[nH]c1-c1ccc(Cl)s1. The number of hydrogen-bond donors (Lipinski definition) is 2. The van der Waals surface area contributed by atoms with Crippen molar-refractivity contribution in [3.8, 4) is 22.0 Å². The number of aromatic amines is 1. The number of nitrogens with one attached hydrogen (secondary N) is 1. The van der Waals surface area contributed by atoms with Gasteiger partial charge in [0.15, 0.2) is 0 Å². The predicted molar refractivity (Wildman–Crippen MR) is 104 cm³/mol. The standard InChI is InChI=1S/C18H19ClN4O2S/c1-2-3-4-9-25-17(24)11-10-13(12-7-8-21-18(20)23-12)22-16(11)14-5-6-15(19)26-14/h5-8,10,22H,2-4,9H2,1H3,(H2,20,21,23). The van der Waals surface area contributed by atoms with Gasteiger partial charge in [0.25, 0.3) is 0 Å². The lowest BCUT2D eigenvalue weighted by Crippen LogP contribution is -2.06. The fourth-order valence-electron chi connectivity index (χ4n) is 2.52. The number of thiophene rings is 1. The van der Waals surface area contributed by atoms with Gasteiger partial charge in [-0.25, -0.2) is 14.8 Å². The quantitative estimate of drug-likeness (QED) is 0.447. The summed E-state index contributed by atoms with van der Waals surface area (Å²) in [4.78, 5) is 24.8. The maximum Gasteiger partial charge on any atom is 0.340 e.